The fourth-order valence-corrected chi connectivity index (χ4v) is 5.26. The van der Waals surface area contributed by atoms with Crippen LogP contribution < -0.4 is 9.62 Å². The van der Waals surface area contributed by atoms with Crippen LogP contribution in [0.3, 0.4) is 0 Å². The van der Waals surface area contributed by atoms with Gasteiger partial charge in [0.1, 0.15) is 6.04 Å². The first-order valence-corrected chi connectivity index (χ1v) is 12.8. The van der Waals surface area contributed by atoms with Gasteiger partial charge in [-0.05, 0) is 42.3 Å². The van der Waals surface area contributed by atoms with Gasteiger partial charge in [-0.25, -0.2) is 8.42 Å². The Hall–Kier alpha value is -1.41. The molecule has 1 N–H and O–H groups in total. The Kier molecular flexibility index (Phi) is 9.14. The van der Waals surface area contributed by atoms with Gasteiger partial charge >= 0.3 is 0 Å². The molecule has 1 amide bonds. The van der Waals surface area contributed by atoms with Crippen LogP contribution in [0, 0.1) is 0 Å². The van der Waals surface area contributed by atoms with E-state index >= 15 is 0 Å². The van der Waals surface area contributed by atoms with E-state index < -0.39 is 16.1 Å². The minimum absolute atomic E-state index is 0.332. The van der Waals surface area contributed by atoms with E-state index in [2.05, 4.69) is 5.32 Å². The van der Waals surface area contributed by atoms with Gasteiger partial charge in [-0.15, -0.1) is 0 Å². The molecule has 2 aromatic rings. The van der Waals surface area contributed by atoms with Crippen molar-refractivity contribution in [3.8, 4) is 0 Å². The molecular formula is C20H24Cl2N2O3S2. The van der Waals surface area contributed by atoms with Crippen molar-refractivity contribution >= 4 is 56.6 Å². The Morgan fingerprint density at radius 3 is 2.38 bits per heavy atom. The van der Waals surface area contributed by atoms with E-state index in [0.717, 1.165) is 21.9 Å². The molecule has 0 bridgehead atoms. The molecule has 9 heteroatoms. The minimum Gasteiger partial charge on any atom is -0.353 e. The molecule has 0 aliphatic heterocycles. The molecule has 0 unspecified atom stereocenters. The van der Waals surface area contributed by atoms with Crippen LogP contribution in [0.5, 0.6) is 0 Å². The third-order valence-corrected chi connectivity index (χ3v) is 6.78. The molecular weight excluding hydrogens is 451 g/mol. The third kappa shape index (κ3) is 7.41. The molecule has 0 aliphatic rings. The van der Waals surface area contributed by atoms with Crippen LogP contribution in [-0.2, 0) is 20.6 Å². The highest BCUT2D eigenvalue weighted by atomic mass is 35.5. The Bertz CT molecular complexity index is 939. The van der Waals surface area contributed by atoms with Gasteiger partial charge in [0.2, 0.25) is 15.9 Å². The summed E-state index contributed by atoms with van der Waals surface area (Å²) in [6.07, 6.45) is 1.42. The van der Waals surface area contributed by atoms with E-state index in [4.69, 9.17) is 23.2 Å². The molecule has 0 heterocycles. The zero-order valence-electron chi connectivity index (χ0n) is 16.3. The number of benzene rings is 2. The number of nitrogens with zero attached hydrogens (tertiary/aromatic N) is 1. The topological polar surface area (TPSA) is 66.5 Å². The first kappa shape index (κ1) is 23.9. The summed E-state index contributed by atoms with van der Waals surface area (Å²) >= 11 is 13.7. The normalized spacial score (nSPS) is 12.4. The van der Waals surface area contributed by atoms with Crippen molar-refractivity contribution < 1.29 is 13.2 Å². The number of halogens is 2. The molecule has 2 aromatic carbocycles. The lowest BCUT2D eigenvalue weighted by Crippen LogP contribution is -2.49. The molecule has 0 spiro atoms. The second-order valence-corrected chi connectivity index (χ2v) is 10.3. The van der Waals surface area contributed by atoms with E-state index in [1.54, 1.807) is 43.0 Å². The van der Waals surface area contributed by atoms with E-state index in [0.29, 0.717) is 34.5 Å². The lowest BCUT2D eigenvalue weighted by atomic mass is 10.2. The third-order valence-electron chi connectivity index (χ3n) is 4.10. The molecule has 5 nitrogen and oxygen atoms in total. The number of hydrogen-bond donors (Lipinski definition) is 1. The number of amides is 1. The fraction of sp³-hybridized carbons (Fsp3) is 0.350. The second kappa shape index (κ2) is 11.1. The number of carbonyl (C=O) groups is 1. The summed E-state index contributed by atoms with van der Waals surface area (Å²) in [5, 5.41) is 3.95. The highest BCUT2D eigenvalue weighted by Gasteiger charge is 2.31. The molecule has 0 fully saturated rings. The Morgan fingerprint density at radius 2 is 1.79 bits per heavy atom. The summed E-state index contributed by atoms with van der Waals surface area (Å²) in [5.41, 5.74) is 1.49. The maximum absolute atomic E-state index is 12.7. The lowest BCUT2D eigenvalue weighted by Gasteiger charge is -2.30. The van der Waals surface area contributed by atoms with Crippen LogP contribution in [0.2, 0.25) is 10.0 Å². The number of rotatable bonds is 10. The van der Waals surface area contributed by atoms with Crippen molar-refractivity contribution in [3.05, 3.63) is 64.1 Å². The first-order chi connectivity index (χ1) is 13.7. The van der Waals surface area contributed by atoms with Crippen LogP contribution in [0.1, 0.15) is 18.9 Å². The number of nitrogens with one attached hydrogen (secondary N) is 1. The molecule has 158 valence electrons. The molecule has 0 saturated heterocycles. The monoisotopic (exact) mass is 474 g/mol. The molecule has 0 aliphatic carbocycles. The van der Waals surface area contributed by atoms with Crippen LogP contribution in [0.25, 0.3) is 0 Å². The molecule has 0 saturated carbocycles. The summed E-state index contributed by atoms with van der Waals surface area (Å²) in [6, 6.07) is 13.3. The smallest absolute Gasteiger partial charge is 0.243 e. The van der Waals surface area contributed by atoms with E-state index in [1.807, 2.05) is 24.3 Å². The Morgan fingerprint density at radius 1 is 1.14 bits per heavy atom. The summed E-state index contributed by atoms with van der Waals surface area (Å²) in [4.78, 5) is 12.7. The van der Waals surface area contributed by atoms with Gasteiger partial charge < -0.3 is 5.32 Å². The molecule has 2 rings (SSSR count). The predicted octanol–water partition coefficient (Wildman–Crippen LogP) is 4.59. The van der Waals surface area contributed by atoms with Crippen LogP contribution in [-0.4, -0.2) is 38.9 Å². The van der Waals surface area contributed by atoms with Crippen LogP contribution in [0.15, 0.2) is 48.5 Å². The van der Waals surface area contributed by atoms with Gasteiger partial charge in [-0.3, -0.25) is 9.10 Å². The Labute approximate surface area is 186 Å². The van der Waals surface area contributed by atoms with Crippen molar-refractivity contribution in [3.63, 3.8) is 0 Å². The molecule has 1 atom stereocenters. The van der Waals surface area contributed by atoms with Crippen molar-refractivity contribution in [2.24, 2.45) is 0 Å². The largest absolute Gasteiger partial charge is 0.353 e. The second-order valence-electron chi connectivity index (χ2n) is 6.44. The van der Waals surface area contributed by atoms with Crippen LogP contribution in [0.4, 0.5) is 5.69 Å². The molecule has 29 heavy (non-hydrogen) atoms. The number of hydrogen-bond acceptors (Lipinski definition) is 4. The quantitative estimate of drug-likeness (QED) is 0.511. The van der Waals surface area contributed by atoms with Gasteiger partial charge in [-0.2, -0.15) is 11.8 Å². The molecule has 0 aromatic heterocycles. The highest BCUT2D eigenvalue weighted by Crippen LogP contribution is 2.25. The number of anilines is 1. The first-order valence-electron chi connectivity index (χ1n) is 9.07. The fourth-order valence-electron chi connectivity index (χ4n) is 2.85. The van der Waals surface area contributed by atoms with Gasteiger partial charge in [-0.1, -0.05) is 48.3 Å². The minimum atomic E-state index is -3.67. The van der Waals surface area contributed by atoms with E-state index in [1.165, 1.54) is 0 Å². The van der Waals surface area contributed by atoms with Crippen LogP contribution >= 0.6 is 35.0 Å². The predicted molar refractivity (Wildman–Crippen MR) is 123 cm³/mol. The maximum atomic E-state index is 12.7. The summed E-state index contributed by atoms with van der Waals surface area (Å²) in [7, 11) is -3.67. The summed E-state index contributed by atoms with van der Waals surface area (Å²) < 4.78 is 25.9. The van der Waals surface area contributed by atoms with Gasteiger partial charge in [0.05, 0.1) is 11.9 Å². The SMILES string of the molecule is CC[C@H](C(=O)NCCSCc1cccc(Cl)c1)N(c1cccc(Cl)c1)S(C)(=O)=O. The number of thioether (sulfide) groups is 1. The number of sulfonamides is 1. The highest BCUT2D eigenvalue weighted by molar-refractivity contribution is 7.98. The van der Waals surface area contributed by atoms with Crippen molar-refractivity contribution in [1.82, 2.24) is 5.32 Å². The summed E-state index contributed by atoms with van der Waals surface area (Å²) in [5.74, 6) is 1.15. The van der Waals surface area contributed by atoms with Gasteiger partial charge in [0.25, 0.3) is 0 Å². The van der Waals surface area contributed by atoms with Crippen molar-refractivity contribution in [2.45, 2.75) is 25.1 Å². The Balaban J connectivity index is 1.97. The van der Waals surface area contributed by atoms with Gasteiger partial charge in [0.15, 0.2) is 0 Å². The van der Waals surface area contributed by atoms with E-state index in [-0.39, 0.29) is 5.91 Å². The average molecular weight is 475 g/mol. The summed E-state index contributed by atoms with van der Waals surface area (Å²) in [6.45, 7) is 2.22. The zero-order valence-corrected chi connectivity index (χ0v) is 19.4. The zero-order chi connectivity index (χ0) is 21.4. The number of carbonyl (C=O) groups excluding carboxylic acids is 1. The lowest BCUT2D eigenvalue weighted by molar-refractivity contribution is -0.122. The van der Waals surface area contributed by atoms with Gasteiger partial charge in [0, 0.05) is 28.1 Å². The maximum Gasteiger partial charge on any atom is 0.243 e. The van der Waals surface area contributed by atoms with Crippen molar-refractivity contribution in [1.29, 1.82) is 0 Å². The molecule has 0 radical (unpaired) electrons. The van der Waals surface area contributed by atoms with E-state index in [9.17, 15) is 13.2 Å². The average Bonchev–Trinajstić information content (AvgIpc) is 2.64. The standard InChI is InChI=1S/C20H24Cl2N2O3S2/c1-3-19(24(29(2,26)27)18-9-5-8-17(22)13-18)20(25)23-10-11-28-14-15-6-4-7-16(21)12-15/h4-9,12-13,19H,3,10-11,14H2,1-2H3,(H,23,25)/t19-/m1/s1. The van der Waals surface area contributed by atoms with Crippen molar-refractivity contribution in [2.75, 3.05) is 22.9 Å².